The molecule has 0 spiro atoms. The lowest BCUT2D eigenvalue weighted by Gasteiger charge is -2.27. The Kier molecular flexibility index (Phi) is 5.42. The summed E-state index contributed by atoms with van der Waals surface area (Å²) in [5.41, 5.74) is 0.585. The van der Waals surface area contributed by atoms with Gasteiger partial charge in [-0.15, -0.1) is 0 Å². The van der Waals surface area contributed by atoms with E-state index >= 15 is 0 Å². The smallest absolute Gasteiger partial charge is 0.252 e. The first-order valence-electron chi connectivity index (χ1n) is 9.67. The zero-order valence-corrected chi connectivity index (χ0v) is 15.4. The van der Waals surface area contributed by atoms with Gasteiger partial charge in [-0.1, -0.05) is 12.1 Å². The number of benzene rings is 1. The number of ether oxygens (including phenoxy) is 2. The number of fused-ring (bicyclic) bond motifs is 1. The summed E-state index contributed by atoms with van der Waals surface area (Å²) in [5, 5.41) is 2.94. The molecule has 1 saturated heterocycles. The molecule has 142 valence electrons. The first-order valence-corrected chi connectivity index (χ1v) is 9.67. The Balaban J connectivity index is 1.25. The Morgan fingerprint density at radius 3 is 2.70 bits per heavy atom. The summed E-state index contributed by atoms with van der Waals surface area (Å²) >= 11 is 0. The van der Waals surface area contributed by atoms with Gasteiger partial charge in [0.05, 0.1) is 5.56 Å². The summed E-state index contributed by atoms with van der Waals surface area (Å²) < 4.78 is 11.6. The molecule has 2 aliphatic heterocycles. The molecule has 27 heavy (non-hydrogen) atoms. The monoisotopic (exact) mass is 367 g/mol. The van der Waals surface area contributed by atoms with Crippen molar-refractivity contribution in [3.05, 3.63) is 48.2 Å². The minimum atomic E-state index is -0.107. The summed E-state index contributed by atoms with van der Waals surface area (Å²) in [6, 6.07) is 11.4. The highest BCUT2D eigenvalue weighted by Gasteiger charge is 2.20. The van der Waals surface area contributed by atoms with Crippen molar-refractivity contribution in [2.45, 2.75) is 31.8 Å². The highest BCUT2D eigenvalue weighted by atomic mass is 16.6. The van der Waals surface area contributed by atoms with Crippen LogP contribution in [0.25, 0.3) is 0 Å². The zero-order chi connectivity index (χ0) is 18.5. The third kappa shape index (κ3) is 4.32. The van der Waals surface area contributed by atoms with Crippen molar-refractivity contribution < 1.29 is 14.3 Å². The fraction of sp³-hybridized carbons (Fsp3) is 0.429. The number of amides is 1. The first-order chi connectivity index (χ1) is 13.3. The van der Waals surface area contributed by atoms with Crippen LogP contribution in [0.1, 0.15) is 36.0 Å². The molecule has 1 aromatic carbocycles. The number of para-hydroxylation sites is 2. The Morgan fingerprint density at radius 2 is 1.93 bits per heavy atom. The molecule has 0 aliphatic carbocycles. The van der Waals surface area contributed by atoms with Gasteiger partial charge in [-0.05, 0) is 43.5 Å². The van der Waals surface area contributed by atoms with Gasteiger partial charge in [-0.25, -0.2) is 4.98 Å². The second-order valence-corrected chi connectivity index (χ2v) is 6.99. The molecule has 2 aromatic rings. The molecular weight excluding hydrogens is 342 g/mol. The average Bonchev–Trinajstić information content (AvgIpc) is 2.74. The highest BCUT2D eigenvalue weighted by molar-refractivity contribution is 5.94. The molecule has 0 saturated carbocycles. The third-order valence-corrected chi connectivity index (χ3v) is 5.01. The lowest BCUT2D eigenvalue weighted by atomic mass is 10.1. The van der Waals surface area contributed by atoms with Gasteiger partial charge in [0.2, 0.25) is 0 Å². The number of rotatable bonds is 5. The fourth-order valence-electron chi connectivity index (χ4n) is 3.48. The molecule has 1 amide bonds. The van der Waals surface area contributed by atoms with Crippen LogP contribution < -0.4 is 19.7 Å². The van der Waals surface area contributed by atoms with E-state index < -0.39 is 0 Å². The predicted octanol–water partition coefficient (Wildman–Crippen LogP) is 3.03. The van der Waals surface area contributed by atoms with Gasteiger partial charge in [-0.3, -0.25) is 4.79 Å². The van der Waals surface area contributed by atoms with Gasteiger partial charge in [0, 0.05) is 32.3 Å². The number of aromatic nitrogens is 1. The van der Waals surface area contributed by atoms with Crippen LogP contribution in [-0.4, -0.2) is 43.2 Å². The lowest BCUT2D eigenvalue weighted by Crippen LogP contribution is -2.34. The van der Waals surface area contributed by atoms with Gasteiger partial charge in [0.25, 0.3) is 5.91 Å². The molecule has 3 heterocycles. The molecule has 1 fully saturated rings. The number of pyridine rings is 1. The lowest BCUT2D eigenvalue weighted by molar-refractivity contribution is 0.0812. The maximum atomic E-state index is 12.3. The van der Waals surface area contributed by atoms with Gasteiger partial charge < -0.3 is 19.7 Å². The van der Waals surface area contributed by atoms with Gasteiger partial charge >= 0.3 is 0 Å². The molecule has 6 heteroatoms. The summed E-state index contributed by atoms with van der Waals surface area (Å²) in [4.78, 5) is 19.1. The highest BCUT2D eigenvalue weighted by Crippen LogP contribution is 2.31. The molecule has 0 bridgehead atoms. The largest absolute Gasteiger partial charge is 0.486 e. The van der Waals surface area contributed by atoms with Crippen LogP contribution in [0, 0.1) is 0 Å². The maximum absolute atomic E-state index is 12.3. The van der Waals surface area contributed by atoms with Crippen LogP contribution in [0.3, 0.4) is 0 Å². The second kappa shape index (κ2) is 8.29. The van der Waals surface area contributed by atoms with E-state index in [1.165, 1.54) is 19.3 Å². The Hall–Kier alpha value is -2.76. The predicted molar refractivity (Wildman–Crippen MR) is 104 cm³/mol. The Morgan fingerprint density at radius 1 is 1.11 bits per heavy atom. The number of hydrogen-bond acceptors (Lipinski definition) is 5. The number of nitrogens with zero attached hydrogens (tertiary/aromatic N) is 2. The number of carbonyl (C=O) groups excluding carboxylic acids is 1. The molecule has 6 nitrogen and oxygen atoms in total. The SMILES string of the molecule is O=C(NCCC1COc2ccccc2O1)c1ccc(N2CCCCC2)nc1. The van der Waals surface area contributed by atoms with Crippen LogP contribution in [-0.2, 0) is 0 Å². The van der Waals surface area contributed by atoms with E-state index in [2.05, 4.69) is 15.2 Å². The fourth-order valence-corrected chi connectivity index (χ4v) is 3.48. The topological polar surface area (TPSA) is 63.7 Å². The number of nitrogens with one attached hydrogen (secondary N) is 1. The maximum Gasteiger partial charge on any atom is 0.252 e. The quantitative estimate of drug-likeness (QED) is 0.880. The van der Waals surface area contributed by atoms with E-state index in [1.807, 2.05) is 36.4 Å². The normalized spacial score (nSPS) is 18.8. The van der Waals surface area contributed by atoms with Crippen molar-refractivity contribution in [1.82, 2.24) is 10.3 Å². The number of hydrogen-bond donors (Lipinski definition) is 1. The number of anilines is 1. The number of carbonyl (C=O) groups is 1. The Labute approximate surface area is 159 Å². The standard InChI is InChI=1S/C21H25N3O3/c25-21(16-8-9-20(23-14-16)24-12-4-1-5-13-24)22-11-10-17-15-26-18-6-2-3-7-19(18)27-17/h2-3,6-9,14,17H,1,4-5,10-13,15H2,(H,22,25). The van der Waals surface area contributed by atoms with Crippen molar-refractivity contribution in [3.63, 3.8) is 0 Å². The minimum Gasteiger partial charge on any atom is -0.486 e. The van der Waals surface area contributed by atoms with Gasteiger partial charge in [-0.2, -0.15) is 0 Å². The van der Waals surface area contributed by atoms with E-state index in [0.29, 0.717) is 25.1 Å². The van der Waals surface area contributed by atoms with Gasteiger partial charge in [0.15, 0.2) is 11.5 Å². The number of piperidine rings is 1. The van der Waals surface area contributed by atoms with Crippen molar-refractivity contribution in [2.24, 2.45) is 0 Å². The van der Waals surface area contributed by atoms with E-state index in [-0.39, 0.29) is 12.0 Å². The van der Waals surface area contributed by atoms with E-state index in [9.17, 15) is 4.79 Å². The third-order valence-electron chi connectivity index (χ3n) is 5.01. The van der Waals surface area contributed by atoms with Crippen molar-refractivity contribution in [3.8, 4) is 11.5 Å². The van der Waals surface area contributed by atoms with Crippen LogP contribution >= 0.6 is 0 Å². The molecule has 2 aliphatic rings. The minimum absolute atomic E-state index is 0.0557. The summed E-state index contributed by atoms with van der Waals surface area (Å²) in [7, 11) is 0. The van der Waals surface area contributed by atoms with Crippen LogP contribution in [0.5, 0.6) is 11.5 Å². The molecule has 1 aromatic heterocycles. The summed E-state index contributed by atoms with van der Waals surface area (Å²) in [6.45, 7) is 3.12. The second-order valence-electron chi connectivity index (χ2n) is 6.99. The molecule has 4 rings (SSSR count). The van der Waals surface area contributed by atoms with E-state index in [0.717, 1.165) is 30.4 Å². The zero-order valence-electron chi connectivity index (χ0n) is 15.4. The first kappa shape index (κ1) is 17.6. The Bertz CT molecular complexity index is 772. The average molecular weight is 367 g/mol. The van der Waals surface area contributed by atoms with Gasteiger partial charge in [0.1, 0.15) is 18.5 Å². The summed E-state index contributed by atoms with van der Waals surface area (Å²) in [5.74, 6) is 2.39. The van der Waals surface area contributed by atoms with Crippen molar-refractivity contribution in [2.75, 3.05) is 31.1 Å². The van der Waals surface area contributed by atoms with Crippen molar-refractivity contribution in [1.29, 1.82) is 0 Å². The molecule has 1 atom stereocenters. The van der Waals surface area contributed by atoms with Crippen LogP contribution in [0.4, 0.5) is 5.82 Å². The molecule has 1 N–H and O–H groups in total. The molecular formula is C21H25N3O3. The van der Waals surface area contributed by atoms with E-state index in [4.69, 9.17) is 9.47 Å². The molecule has 1 unspecified atom stereocenters. The molecule has 0 radical (unpaired) electrons. The van der Waals surface area contributed by atoms with Crippen molar-refractivity contribution >= 4 is 11.7 Å². The summed E-state index contributed by atoms with van der Waals surface area (Å²) in [6.07, 6.45) is 6.01. The van der Waals surface area contributed by atoms with Crippen LogP contribution in [0.2, 0.25) is 0 Å². The van der Waals surface area contributed by atoms with Crippen LogP contribution in [0.15, 0.2) is 42.6 Å². The van der Waals surface area contributed by atoms with E-state index in [1.54, 1.807) is 6.20 Å².